The van der Waals surface area contributed by atoms with Gasteiger partial charge >= 0.3 is 0 Å². The largest absolute Gasteiger partial charge is 0.360 e. The lowest BCUT2D eigenvalue weighted by Gasteiger charge is -2.49. The van der Waals surface area contributed by atoms with E-state index >= 15 is 0 Å². The lowest BCUT2D eigenvalue weighted by molar-refractivity contribution is 0.0209. The van der Waals surface area contributed by atoms with Crippen molar-refractivity contribution in [2.24, 2.45) is 0 Å². The molecule has 4 heteroatoms. The molecule has 22 heavy (non-hydrogen) atoms. The van der Waals surface area contributed by atoms with Gasteiger partial charge in [-0.25, -0.2) is 0 Å². The molecule has 2 saturated heterocycles. The second-order valence-corrected chi connectivity index (χ2v) is 7.46. The maximum Gasteiger partial charge on any atom is 0.170 e. The Kier molecular flexibility index (Phi) is 4.05. The summed E-state index contributed by atoms with van der Waals surface area (Å²) in [6.45, 7) is 0. The van der Waals surface area contributed by atoms with Crippen LogP contribution in [0.5, 0.6) is 0 Å². The first-order chi connectivity index (χ1) is 10.8. The SMILES string of the molecule is S=C(Nc1ccccc1)NC1C[C@@H]2CCC[C@@H](C1)N2C1CC1. The standard InChI is InChI=1S/C18H25N3S/c22-18(19-13-5-2-1-3-6-13)20-14-11-16-7-4-8-17(12-14)21(16)15-9-10-15/h1-3,5-6,14-17H,4,7-12H2,(H2,19,20,22)/t16-,17-/m0/s1. The van der Waals surface area contributed by atoms with E-state index in [9.17, 15) is 0 Å². The average molecular weight is 315 g/mol. The monoisotopic (exact) mass is 315 g/mol. The van der Waals surface area contributed by atoms with Gasteiger partial charge in [0.2, 0.25) is 0 Å². The molecule has 2 aliphatic heterocycles. The third-order valence-electron chi connectivity index (χ3n) is 5.37. The molecule has 3 fully saturated rings. The minimum atomic E-state index is 0.536. The summed E-state index contributed by atoms with van der Waals surface area (Å²) in [6.07, 6.45) is 9.54. The van der Waals surface area contributed by atoms with Crippen molar-refractivity contribution < 1.29 is 0 Å². The lowest BCUT2D eigenvalue weighted by atomic mass is 9.81. The molecule has 2 atom stereocenters. The van der Waals surface area contributed by atoms with Gasteiger partial charge in [0.05, 0.1) is 0 Å². The van der Waals surface area contributed by atoms with E-state index in [4.69, 9.17) is 12.2 Å². The smallest absolute Gasteiger partial charge is 0.170 e. The Balaban J connectivity index is 1.35. The molecule has 118 valence electrons. The quantitative estimate of drug-likeness (QED) is 0.835. The van der Waals surface area contributed by atoms with Gasteiger partial charge in [-0.05, 0) is 62.9 Å². The van der Waals surface area contributed by atoms with Crippen LogP contribution in [-0.4, -0.2) is 34.2 Å². The molecule has 1 saturated carbocycles. The van der Waals surface area contributed by atoms with Crippen molar-refractivity contribution in [2.45, 2.75) is 69.1 Å². The van der Waals surface area contributed by atoms with Crippen LogP contribution in [0, 0.1) is 0 Å². The van der Waals surface area contributed by atoms with Gasteiger partial charge in [-0.3, -0.25) is 4.90 Å². The van der Waals surface area contributed by atoms with Crippen LogP contribution in [-0.2, 0) is 0 Å². The van der Waals surface area contributed by atoms with E-state index in [-0.39, 0.29) is 0 Å². The molecular weight excluding hydrogens is 290 g/mol. The van der Waals surface area contributed by atoms with Gasteiger partial charge in [0, 0.05) is 29.9 Å². The molecule has 0 amide bonds. The van der Waals surface area contributed by atoms with Gasteiger partial charge < -0.3 is 10.6 Å². The Bertz CT molecular complexity index is 514. The number of nitrogens with one attached hydrogen (secondary N) is 2. The summed E-state index contributed by atoms with van der Waals surface area (Å²) in [5.74, 6) is 0. The van der Waals surface area contributed by atoms with Crippen LogP contribution < -0.4 is 10.6 Å². The second kappa shape index (κ2) is 6.17. The van der Waals surface area contributed by atoms with Gasteiger partial charge in [0.1, 0.15) is 0 Å². The molecule has 3 aliphatic rings. The number of benzene rings is 1. The predicted octanol–water partition coefficient (Wildman–Crippen LogP) is 3.52. The van der Waals surface area contributed by atoms with Crippen LogP contribution in [0.2, 0.25) is 0 Å². The van der Waals surface area contributed by atoms with E-state index in [0.29, 0.717) is 6.04 Å². The van der Waals surface area contributed by atoms with E-state index in [1.54, 1.807) is 0 Å². The zero-order valence-corrected chi connectivity index (χ0v) is 13.8. The van der Waals surface area contributed by atoms with E-state index < -0.39 is 0 Å². The Morgan fingerprint density at radius 3 is 2.27 bits per heavy atom. The Labute approximate surface area is 138 Å². The summed E-state index contributed by atoms with van der Waals surface area (Å²) in [6, 6.07) is 13.2. The molecule has 1 aliphatic carbocycles. The van der Waals surface area contributed by atoms with Crippen LogP contribution in [0.15, 0.2) is 30.3 Å². The molecule has 2 N–H and O–H groups in total. The van der Waals surface area contributed by atoms with Crippen molar-refractivity contribution in [3.63, 3.8) is 0 Å². The van der Waals surface area contributed by atoms with E-state index in [0.717, 1.165) is 28.9 Å². The highest BCUT2D eigenvalue weighted by atomic mass is 32.1. The fraction of sp³-hybridized carbons (Fsp3) is 0.611. The van der Waals surface area contributed by atoms with Gasteiger partial charge in [-0.1, -0.05) is 24.6 Å². The van der Waals surface area contributed by atoms with Crippen molar-refractivity contribution in [1.29, 1.82) is 0 Å². The number of para-hydroxylation sites is 1. The van der Waals surface area contributed by atoms with Crippen LogP contribution in [0.1, 0.15) is 44.9 Å². The molecule has 1 aromatic rings. The Morgan fingerprint density at radius 1 is 0.955 bits per heavy atom. The summed E-state index contributed by atoms with van der Waals surface area (Å²) in [4.78, 5) is 2.86. The third-order valence-corrected chi connectivity index (χ3v) is 5.59. The number of nitrogens with zero attached hydrogens (tertiary/aromatic N) is 1. The highest BCUT2D eigenvalue weighted by Crippen LogP contribution is 2.41. The van der Waals surface area contributed by atoms with Gasteiger partial charge in [-0.2, -0.15) is 0 Å². The molecule has 0 spiro atoms. The predicted molar refractivity (Wildman–Crippen MR) is 95.1 cm³/mol. The number of piperidine rings is 2. The van der Waals surface area contributed by atoms with E-state index in [1.807, 2.05) is 18.2 Å². The second-order valence-electron chi connectivity index (χ2n) is 7.05. The molecule has 0 aromatic heterocycles. The summed E-state index contributed by atoms with van der Waals surface area (Å²) in [7, 11) is 0. The van der Waals surface area contributed by atoms with Crippen LogP contribution >= 0.6 is 12.2 Å². The topological polar surface area (TPSA) is 27.3 Å². The van der Waals surface area contributed by atoms with Crippen molar-refractivity contribution in [3.05, 3.63) is 30.3 Å². The number of anilines is 1. The molecule has 1 aromatic carbocycles. The summed E-state index contributed by atoms with van der Waals surface area (Å²) >= 11 is 5.51. The summed E-state index contributed by atoms with van der Waals surface area (Å²) in [5, 5.41) is 7.65. The van der Waals surface area contributed by atoms with Crippen molar-refractivity contribution >= 4 is 23.0 Å². The fourth-order valence-corrected chi connectivity index (χ4v) is 4.66. The van der Waals surface area contributed by atoms with Gasteiger partial charge in [-0.15, -0.1) is 0 Å². The first-order valence-corrected chi connectivity index (χ1v) is 9.10. The molecule has 0 radical (unpaired) electrons. The van der Waals surface area contributed by atoms with Crippen LogP contribution in [0.3, 0.4) is 0 Å². The lowest BCUT2D eigenvalue weighted by Crippen LogP contribution is -2.57. The average Bonchev–Trinajstić information content (AvgIpc) is 3.31. The molecule has 3 nitrogen and oxygen atoms in total. The maximum atomic E-state index is 5.51. The van der Waals surface area contributed by atoms with Crippen molar-refractivity contribution in [1.82, 2.24) is 10.2 Å². The van der Waals surface area contributed by atoms with Crippen molar-refractivity contribution in [2.75, 3.05) is 5.32 Å². The van der Waals surface area contributed by atoms with E-state index in [1.165, 1.54) is 44.9 Å². The Hall–Kier alpha value is -1.13. The number of thiocarbonyl (C=S) groups is 1. The zero-order chi connectivity index (χ0) is 14.9. The number of hydrogen-bond acceptors (Lipinski definition) is 2. The van der Waals surface area contributed by atoms with Crippen molar-refractivity contribution in [3.8, 4) is 0 Å². The first-order valence-electron chi connectivity index (χ1n) is 8.69. The normalized spacial score (nSPS) is 31.5. The maximum absolute atomic E-state index is 5.51. The third kappa shape index (κ3) is 3.13. The van der Waals surface area contributed by atoms with Crippen LogP contribution in [0.25, 0.3) is 0 Å². The molecule has 0 unspecified atom stereocenters. The molecule has 2 bridgehead atoms. The summed E-state index contributed by atoms with van der Waals surface area (Å²) < 4.78 is 0. The fourth-order valence-electron chi connectivity index (χ4n) is 4.38. The molecule has 4 rings (SSSR count). The van der Waals surface area contributed by atoms with Crippen LogP contribution in [0.4, 0.5) is 5.69 Å². The summed E-state index contributed by atoms with van der Waals surface area (Å²) in [5.41, 5.74) is 1.07. The Morgan fingerprint density at radius 2 is 1.64 bits per heavy atom. The highest BCUT2D eigenvalue weighted by Gasteiger charge is 2.44. The minimum Gasteiger partial charge on any atom is -0.360 e. The zero-order valence-electron chi connectivity index (χ0n) is 13.0. The number of fused-ring (bicyclic) bond motifs is 2. The number of hydrogen-bond donors (Lipinski definition) is 2. The highest BCUT2D eigenvalue weighted by molar-refractivity contribution is 7.80. The van der Waals surface area contributed by atoms with Gasteiger partial charge in [0.25, 0.3) is 0 Å². The van der Waals surface area contributed by atoms with E-state index in [2.05, 4.69) is 27.7 Å². The number of rotatable bonds is 3. The minimum absolute atomic E-state index is 0.536. The molecule has 2 heterocycles. The molecular formula is C18H25N3S. The first kappa shape index (κ1) is 14.5. The van der Waals surface area contributed by atoms with Gasteiger partial charge in [0.15, 0.2) is 5.11 Å².